The molecule has 0 aliphatic rings. The summed E-state index contributed by atoms with van der Waals surface area (Å²) in [6.45, 7) is 25.0. The number of benzene rings is 5. The molecule has 0 aliphatic carbocycles. The van der Waals surface area contributed by atoms with E-state index >= 15 is 0 Å². The van der Waals surface area contributed by atoms with E-state index in [1.54, 1.807) is 0 Å². The van der Waals surface area contributed by atoms with E-state index in [4.69, 9.17) is 9.97 Å². The van der Waals surface area contributed by atoms with Crippen molar-refractivity contribution in [3.8, 4) is 45.3 Å². The number of hydrogen-bond donors (Lipinski definition) is 0. The van der Waals surface area contributed by atoms with Crippen LogP contribution in [-0.4, -0.2) is 19.1 Å². The highest BCUT2D eigenvalue weighted by Gasteiger charge is 2.22. The first-order chi connectivity index (χ1) is 28.4. The van der Waals surface area contributed by atoms with Crippen LogP contribution < -0.4 is 0 Å². The van der Waals surface area contributed by atoms with E-state index in [1.807, 2.05) is 12.4 Å². The van der Waals surface area contributed by atoms with Gasteiger partial charge in [-0.1, -0.05) is 173 Å². The maximum absolute atomic E-state index is 4.82. The van der Waals surface area contributed by atoms with Gasteiger partial charge in [-0.25, -0.2) is 9.97 Å². The minimum absolute atomic E-state index is 0.396. The third-order valence-corrected chi connectivity index (χ3v) is 11.2. The maximum atomic E-state index is 4.82. The van der Waals surface area contributed by atoms with Crippen LogP contribution >= 0.6 is 0 Å². The fourth-order valence-corrected chi connectivity index (χ4v) is 8.42. The van der Waals surface area contributed by atoms with Crippen LogP contribution in [-0.2, 0) is 19.3 Å². The van der Waals surface area contributed by atoms with Crippen LogP contribution in [0.5, 0.6) is 0 Å². The zero-order valence-corrected chi connectivity index (χ0v) is 37.5. The highest BCUT2D eigenvalue weighted by Crippen LogP contribution is 2.39. The molecule has 4 nitrogen and oxygen atoms in total. The van der Waals surface area contributed by atoms with Gasteiger partial charge in [-0.3, -0.25) is 9.13 Å². The molecule has 7 rings (SSSR count). The van der Waals surface area contributed by atoms with Crippen LogP contribution in [0.2, 0.25) is 0 Å². The molecule has 0 aliphatic heterocycles. The average Bonchev–Trinajstić information content (AvgIpc) is 3.91. The first-order valence-corrected chi connectivity index (χ1v) is 22.0. The monoisotopic (exact) mass is 783 g/mol. The topological polar surface area (TPSA) is 35.6 Å². The van der Waals surface area contributed by atoms with E-state index < -0.39 is 0 Å². The summed E-state index contributed by atoms with van der Waals surface area (Å²) in [6.07, 6.45) is 11.3. The summed E-state index contributed by atoms with van der Waals surface area (Å²) in [5.41, 5.74) is 15.8. The summed E-state index contributed by atoms with van der Waals surface area (Å²) < 4.78 is 4.64. The smallest absolute Gasteiger partial charge is 0.144 e. The lowest BCUT2D eigenvalue weighted by atomic mass is 9.88. The Bertz CT molecular complexity index is 2360. The third-order valence-electron chi connectivity index (χ3n) is 11.2. The van der Waals surface area contributed by atoms with Crippen molar-refractivity contribution in [2.45, 2.75) is 113 Å². The van der Waals surface area contributed by atoms with Gasteiger partial charge in [0, 0.05) is 35.9 Å². The standard InChI is InChI=1S/C29H32N2.C26H34N2/c1-6-22-12-10-11-15-25(22)29-30-16-17-31(29)28-26(20(2)3)18-24(19-27(28)21(4)5)23-13-8-7-9-14-23;1-18(2)16-21-10-9-11-22(17-19(3)4)25(21)28-15-14-27-26(28)24-13-8-7-12-23(24)20(5)6/h7-21H,6H2,1-5H3;7-15,18-20H,16-17H2,1-6H3. The Labute approximate surface area is 355 Å². The molecule has 0 amide bonds. The average molecular weight is 783 g/mol. The summed E-state index contributed by atoms with van der Waals surface area (Å²) in [5.74, 6) is 4.55. The van der Waals surface area contributed by atoms with Gasteiger partial charge in [0.1, 0.15) is 11.6 Å². The van der Waals surface area contributed by atoms with Gasteiger partial charge in [0.15, 0.2) is 0 Å². The Morgan fingerprint density at radius 2 is 0.898 bits per heavy atom. The molecule has 59 heavy (non-hydrogen) atoms. The normalized spacial score (nSPS) is 11.6. The van der Waals surface area contributed by atoms with Gasteiger partial charge in [0.2, 0.25) is 0 Å². The van der Waals surface area contributed by atoms with Crippen LogP contribution in [0.15, 0.2) is 134 Å². The van der Waals surface area contributed by atoms with Crippen molar-refractivity contribution in [2.75, 3.05) is 0 Å². The molecule has 7 aromatic rings. The number of rotatable bonds is 13. The number of aryl methyl sites for hydroxylation is 1. The molecule has 4 heteroatoms. The van der Waals surface area contributed by atoms with Gasteiger partial charge < -0.3 is 0 Å². The van der Waals surface area contributed by atoms with E-state index in [0.717, 1.165) is 30.9 Å². The number of nitrogens with zero attached hydrogens (tertiary/aromatic N) is 4. The van der Waals surface area contributed by atoms with E-state index in [2.05, 4.69) is 207 Å². The van der Waals surface area contributed by atoms with Crippen LogP contribution in [0.4, 0.5) is 0 Å². The molecule has 0 radical (unpaired) electrons. The third kappa shape index (κ3) is 9.87. The highest BCUT2D eigenvalue weighted by atomic mass is 15.1. The summed E-state index contributed by atoms with van der Waals surface area (Å²) >= 11 is 0. The van der Waals surface area contributed by atoms with Gasteiger partial charge in [-0.2, -0.15) is 0 Å². The molecule has 0 N–H and O–H groups in total. The van der Waals surface area contributed by atoms with Crippen molar-refractivity contribution in [2.24, 2.45) is 11.8 Å². The first kappa shape index (κ1) is 43.1. The summed E-state index contributed by atoms with van der Waals surface area (Å²) in [4.78, 5) is 9.63. The van der Waals surface area contributed by atoms with Gasteiger partial charge in [0.25, 0.3) is 0 Å². The molecule has 5 aromatic carbocycles. The molecule has 0 fully saturated rings. The molecule has 2 heterocycles. The summed E-state index contributed by atoms with van der Waals surface area (Å²) in [6, 6.07) is 39.6. The lowest BCUT2D eigenvalue weighted by Crippen LogP contribution is -2.10. The molecule has 2 aromatic heterocycles. The van der Waals surface area contributed by atoms with E-state index in [1.165, 1.54) is 67.0 Å². The number of aromatic nitrogens is 4. The van der Waals surface area contributed by atoms with Gasteiger partial charge >= 0.3 is 0 Å². The van der Waals surface area contributed by atoms with E-state index in [9.17, 15) is 0 Å². The fourth-order valence-electron chi connectivity index (χ4n) is 8.42. The number of para-hydroxylation sites is 1. The fraction of sp³-hybridized carbons (Fsp3) is 0.345. The minimum atomic E-state index is 0.396. The second-order valence-electron chi connectivity index (χ2n) is 17.8. The maximum Gasteiger partial charge on any atom is 0.144 e. The van der Waals surface area contributed by atoms with E-state index in [0.29, 0.717) is 29.6 Å². The van der Waals surface area contributed by atoms with Crippen LogP contribution in [0.25, 0.3) is 45.3 Å². The Kier molecular flexibility index (Phi) is 14.3. The van der Waals surface area contributed by atoms with Crippen LogP contribution in [0.1, 0.15) is 127 Å². The molecule has 306 valence electrons. The van der Waals surface area contributed by atoms with Crippen molar-refractivity contribution in [3.63, 3.8) is 0 Å². The molecule has 0 saturated carbocycles. The van der Waals surface area contributed by atoms with Crippen LogP contribution in [0.3, 0.4) is 0 Å². The van der Waals surface area contributed by atoms with Crippen molar-refractivity contribution < 1.29 is 0 Å². The van der Waals surface area contributed by atoms with Gasteiger partial charge in [-0.15, -0.1) is 0 Å². The molecule has 0 spiro atoms. The Hall–Kier alpha value is -5.48. The predicted molar refractivity (Wildman–Crippen MR) is 252 cm³/mol. The second-order valence-corrected chi connectivity index (χ2v) is 17.8. The SMILES string of the molecule is CC(C)Cc1cccc(CC(C)C)c1-n1ccnc1-c1ccccc1C(C)C.CCc1ccccc1-c1nccn1-c1c(C(C)C)cc(-c2ccccc2)cc1C(C)C. The number of hydrogen-bond acceptors (Lipinski definition) is 2. The Morgan fingerprint density at radius 1 is 0.441 bits per heavy atom. The van der Waals surface area contributed by atoms with Crippen molar-refractivity contribution in [1.29, 1.82) is 0 Å². The van der Waals surface area contributed by atoms with E-state index in [-0.39, 0.29) is 0 Å². The van der Waals surface area contributed by atoms with Gasteiger partial charge in [-0.05, 0) is 105 Å². The zero-order valence-electron chi connectivity index (χ0n) is 37.5. The Morgan fingerprint density at radius 3 is 1.42 bits per heavy atom. The molecular formula is C55H66N4. The largest absolute Gasteiger partial charge is 0.299 e. The van der Waals surface area contributed by atoms with Crippen molar-refractivity contribution in [3.05, 3.63) is 167 Å². The minimum Gasteiger partial charge on any atom is -0.299 e. The highest BCUT2D eigenvalue weighted by molar-refractivity contribution is 5.72. The Balaban J connectivity index is 0.000000199. The second kappa shape index (κ2) is 19.5. The lowest BCUT2D eigenvalue weighted by Gasteiger charge is -2.24. The van der Waals surface area contributed by atoms with Crippen LogP contribution in [0, 0.1) is 11.8 Å². The summed E-state index contributed by atoms with van der Waals surface area (Å²) in [7, 11) is 0. The molecule has 0 bridgehead atoms. The quantitative estimate of drug-likeness (QED) is 0.117. The molecular weight excluding hydrogens is 717 g/mol. The van der Waals surface area contributed by atoms with Crippen molar-refractivity contribution >= 4 is 0 Å². The number of imidazole rings is 2. The molecule has 0 unspecified atom stereocenters. The zero-order chi connectivity index (χ0) is 42.2. The molecule has 0 saturated heterocycles. The lowest BCUT2D eigenvalue weighted by molar-refractivity contribution is 0.631. The summed E-state index contributed by atoms with van der Waals surface area (Å²) in [5, 5.41) is 0. The molecule has 0 atom stereocenters. The van der Waals surface area contributed by atoms with Gasteiger partial charge in [0.05, 0.1) is 11.4 Å². The predicted octanol–water partition coefficient (Wildman–Crippen LogP) is 15.1. The van der Waals surface area contributed by atoms with Crippen molar-refractivity contribution in [1.82, 2.24) is 19.1 Å². The first-order valence-electron chi connectivity index (χ1n) is 22.0.